The Morgan fingerprint density at radius 3 is 2.67 bits per heavy atom. The van der Waals surface area contributed by atoms with Gasteiger partial charge in [-0.2, -0.15) is 0 Å². The van der Waals surface area contributed by atoms with Crippen molar-refractivity contribution in [1.82, 2.24) is 20.0 Å². The normalized spacial score (nSPS) is 21.5. The van der Waals surface area contributed by atoms with Crippen molar-refractivity contribution in [2.24, 2.45) is 10.9 Å². The number of likely N-dealkylation sites (tertiary alicyclic amines) is 2. The first-order valence-corrected chi connectivity index (χ1v) is 8.67. The molecule has 0 bridgehead atoms. The molecule has 2 aliphatic heterocycles. The molecule has 0 saturated carbocycles. The number of likely N-dealkylation sites (N-methyl/N-ethyl adjacent to an activating group) is 1. The van der Waals surface area contributed by atoms with E-state index in [1.54, 1.807) is 19.0 Å². The van der Waals surface area contributed by atoms with Gasteiger partial charge in [0.2, 0.25) is 5.91 Å². The summed E-state index contributed by atoms with van der Waals surface area (Å²) in [6, 6.07) is 0. The molecule has 0 aromatic carbocycles. The van der Waals surface area contributed by atoms with Gasteiger partial charge in [0.1, 0.15) is 6.54 Å². The van der Waals surface area contributed by atoms with E-state index in [0.29, 0.717) is 12.5 Å². The zero-order chi connectivity index (χ0) is 16.7. The second-order valence-electron chi connectivity index (χ2n) is 6.71. The lowest BCUT2D eigenvalue weighted by Crippen LogP contribution is -2.41. The smallest absolute Gasteiger partial charge is 0.243 e. The summed E-state index contributed by atoms with van der Waals surface area (Å²) in [5.41, 5.74) is 0. The molecule has 1 unspecified atom stereocenters. The predicted molar refractivity (Wildman–Crippen MR) is 110 cm³/mol. The van der Waals surface area contributed by atoms with E-state index >= 15 is 0 Å². The van der Waals surface area contributed by atoms with Crippen LogP contribution in [0.4, 0.5) is 0 Å². The van der Waals surface area contributed by atoms with Crippen molar-refractivity contribution in [3.8, 4) is 0 Å². The summed E-state index contributed by atoms with van der Waals surface area (Å²) < 4.78 is 0. The molecule has 138 valence electrons. The van der Waals surface area contributed by atoms with Crippen LogP contribution in [0.25, 0.3) is 0 Å². The third-order valence-corrected chi connectivity index (χ3v) is 4.57. The molecular formula is C17H32IN5O. The van der Waals surface area contributed by atoms with Crippen LogP contribution in [0, 0.1) is 5.92 Å². The van der Waals surface area contributed by atoms with E-state index in [9.17, 15) is 4.79 Å². The average Bonchev–Trinajstić information content (AvgIpc) is 3.19. The number of guanidine groups is 1. The van der Waals surface area contributed by atoms with Gasteiger partial charge in [-0.25, -0.2) is 4.99 Å². The number of hydrogen-bond donors (Lipinski definition) is 1. The fourth-order valence-electron chi connectivity index (χ4n) is 3.22. The van der Waals surface area contributed by atoms with Crippen LogP contribution in [0.5, 0.6) is 0 Å². The molecule has 2 rings (SSSR count). The van der Waals surface area contributed by atoms with Gasteiger partial charge in [-0.3, -0.25) is 4.79 Å². The van der Waals surface area contributed by atoms with Gasteiger partial charge < -0.3 is 20.0 Å². The number of halogens is 1. The number of rotatable bonds is 6. The van der Waals surface area contributed by atoms with Crippen molar-refractivity contribution in [1.29, 1.82) is 0 Å². The fourth-order valence-corrected chi connectivity index (χ4v) is 3.22. The van der Waals surface area contributed by atoms with Crippen LogP contribution < -0.4 is 5.32 Å². The summed E-state index contributed by atoms with van der Waals surface area (Å²) in [6.07, 6.45) is 5.71. The van der Waals surface area contributed by atoms with Gasteiger partial charge in [0.15, 0.2) is 5.96 Å². The molecule has 0 radical (unpaired) electrons. The van der Waals surface area contributed by atoms with Gasteiger partial charge in [-0.05, 0) is 38.3 Å². The molecule has 0 aromatic heterocycles. The van der Waals surface area contributed by atoms with Gasteiger partial charge in [0.05, 0.1) is 0 Å². The third kappa shape index (κ3) is 6.58. The maximum absolute atomic E-state index is 11.8. The van der Waals surface area contributed by atoms with Crippen LogP contribution in [-0.2, 0) is 4.79 Å². The van der Waals surface area contributed by atoms with Crippen molar-refractivity contribution in [2.75, 3.05) is 59.9 Å². The lowest BCUT2D eigenvalue weighted by Gasteiger charge is -2.23. The van der Waals surface area contributed by atoms with E-state index in [1.165, 1.54) is 38.9 Å². The molecular weight excluding hydrogens is 417 g/mol. The number of hydrogen-bond acceptors (Lipinski definition) is 3. The Hall–Kier alpha value is -0.830. The minimum Gasteiger partial charge on any atom is -0.353 e. The summed E-state index contributed by atoms with van der Waals surface area (Å²) in [5, 5.41) is 3.29. The quantitative estimate of drug-likeness (QED) is 0.287. The average molecular weight is 449 g/mol. The van der Waals surface area contributed by atoms with Crippen LogP contribution >= 0.6 is 24.0 Å². The molecule has 1 amide bonds. The zero-order valence-corrected chi connectivity index (χ0v) is 17.4. The predicted octanol–water partition coefficient (Wildman–Crippen LogP) is 1.24. The Balaban J connectivity index is 0.00000288. The number of amides is 1. The minimum atomic E-state index is 0. The van der Waals surface area contributed by atoms with Crippen LogP contribution in [-0.4, -0.2) is 86.5 Å². The Morgan fingerprint density at radius 2 is 2.04 bits per heavy atom. The first-order valence-electron chi connectivity index (χ1n) is 8.67. The molecule has 1 N–H and O–H groups in total. The largest absolute Gasteiger partial charge is 0.353 e. The van der Waals surface area contributed by atoms with Gasteiger partial charge in [-0.1, -0.05) is 6.08 Å². The first kappa shape index (κ1) is 21.2. The zero-order valence-electron chi connectivity index (χ0n) is 15.0. The van der Waals surface area contributed by atoms with Crippen molar-refractivity contribution in [3.63, 3.8) is 0 Å². The minimum absolute atomic E-state index is 0. The number of nitrogens with zero attached hydrogens (tertiary/aromatic N) is 4. The summed E-state index contributed by atoms with van der Waals surface area (Å²) >= 11 is 0. The van der Waals surface area contributed by atoms with Crippen LogP contribution in [0.15, 0.2) is 17.6 Å². The standard InChI is InChI=1S/C17H31N5O.HI/c1-4-8-18-17(19-12-16(23)20(2)3)22-11-7-15(14-22)13-21-9-5-6-10-21;/h4,15H,1,5-14H2,2-3H3,(H,18,19);1H. The van der Waals surface area contributed by atoms with Gasteiger partial charge in [0, 0.05) is 40.3 Å². The highest BCUT2D eigenvalue weighted by atomic mass is 127. The summed E-state index contributed by atoms with van der Waals surface area (Å²) in [5.74, 6) is 1.56. The fraction of sp³-hybridized carbons (Fsp3) is 0.765. The molecule has 7 heteroatoms. The molecule has 0 aliphatic carbocycles. The summed E-state index contributed by atoms with van der Waals surface area (Å²) in [4.78, 5) is 22.7. The number of nitrogens with one attached hydrogen (secondary N) is 1. The molecule has 0 aromatic rings. The van der Waals surface area contributed by atoms with E-state index in [2.05, 4.69) is 26.7 Å². The Labute approximate surface area is 163 Å². The Bertz CT molecular complexity index is 435. The SMILES string of the molecule is C=CCNC(=NCC(=O)N(C)C)N1CCC(CN2CCCC2)C1.I. The van der Waals surface area contributed by atoms with E-state index in [-0.39, 0.29) is 36.4 Å². The summed E-state index contributed by atoms with van der Waals surface area (Å²) in [7, 11) is 3.52. The highest BCUT2D eigenvalue weighted by Gasteiger charge is 2.27. The second kappa shape index (κ2) is 10.9. The maximum Gasteiger partial charge on any atom is 0.243 e. The molecule has 2 heterocycles. The van der Waals surface area contributed by atoms with E-state index in [4.69, 9.17) is 0 Å². The van der Waals surface area contributed by atoms with Crippen molar-refractivity contribution >= 4 is 35.8 Å². The van der Waals surface area contributed by atoms with E-state index in [0.717, 1.165) is 19.0 Å². The highest BCUT2D eigenvalue weighted by Crippen LogP contribution is 2.20. The topological polar surface area (TPSA) is 51.2 Å². The monoisotopic (exact) mass is 449 g/mol. The van der Waals surface area contributed by atoms with E-state index in [1.807, 2.05) is 6.08 Å². The number of carbonyl (C=O) groups is 1. The maximum atomic E-state index is 11.8. The van der Waals surface area contributed by atoms with Gasteiger partial charge >= 0.3 is 0 Å². The molecule has 2 aliphatic rings. The second-order valence-corrected chi connectivity index (χ2v) is 6.71. The van der Waals surface area contributed by atoms with E-state index < -0.39 is 0 Å². The molecule has 2 saturated heterocycles. The van der Waals surface area contributed by atoms with Gasteiger partial charge in [0.25, 0.3) is 0 Å². The third-order valence-electron chi connectivity index (χ3n) is 4.57. The van der Waals surface area contributed by atoms with Gasteiger partial charge in [-0.15, -0.1) is 30.6 Å². The Morgan fingerprint density at radius 1 is 1.33 bits per heavy atom. The summed E-state index contributed by atoms with van der Waals surface area (Å²) in [6.45, 7) is 10.3. The van der Waals surface area contributed by atoms with Crippen LogP contribution in [0.3, 0.4) is 0 Å². The van der Waals surface area contributed by atoms with Crippen LogP contribution in [0.1, 0.15) is 19.3 Å². The first-order chi connectivity index (χ1) is 11.1. The van der Waals surface area contributed by atoms with Crippen molar-refractivity contribution in [3.05, 3.63) is 12.7 Å². The highest BCUT2D eigenvalue weighted by molar-refractivity contribution is 14.0. The lowest BCUT2D eigenvalue weighted by atomic mass is 10.1. The number of carbonyl (C=O) groups excluding carboxylic acids is 1. The lowest BCUT2D eigenvalue weighted by molar-refractivity contribution is -0.127. The van der Waals surface area contributed by atoms with Crippen LogP contribution in [0.2, 0.25) is 0 Å². The molecule has 2 fully saturated rings. The van der Waals surface area contributed by atoms with Crippen molar-refractivity contribution < 1.29 is 4.79 Å². The molecule has 1 atom stereocenters. The molecule has 24 heavy (non-hydrogen) atoms. The number of aliphatic imine (C=N–C) groups is 1. The molecule has 6 nitrogen and oxygen atoms in total. The van der Waals surface area contributed by atoms with Crippen molar-refractivity contribution in [2.45, 2.75) is 19.3 Å². The molecule has 0 spiro atoms. The Kier molecular flexibility index (Phi) is 9.65.